The number of aliphatic imine (C=N–C) groups is 1. The van der Waals surface area contributed by atoms with E-state index < -0.39 is 0 Å². The summed E-state index contributed by atoms with van der Waals surface area (Å²) in [6.07, 6.45) is 7.59. The van der Waals surface area contributed by atoms with E-state index >= 15 is 0 Å². The minimum Gasteiger partial charge on any atom is -0.461 e. The molecule has 0 spiro atoms. The number of hydrogen-bond donors (Lipinski definition) is 1. The summed E-state index contributed by atoms with van der Waals surface area (Å²) >= 11 is 0. The van der Waals surface area contributed by atoms with E-state index in [0.717, 1.165) is 29.3 Å². The maximum atomic E-state index is 5.30. The Balaban J connectivity index is 2.15. The average Bonchev–Trinajstić information content (AvgIpc) is 2.61. The fourth-order valence-electron chi connectivity index (χ4n) is 1.50. The standard InChI is InChI=1S/C9H7N3O/c1-2-13-9-4-7-6(11-5-12-7)3-8(9)10-1/h1-2,4-5H,3H2,(H,11,12). The summed E-state index contributed by atoms with van der Waals surface area (Å²) in [5, 5.41) is 0. The molecule has 0 atom stereocenters. The van der Waals surface area contributed by atoms with Crippen LogP contribution in [0.3, 0.4) is 0 Å². The lowest BCUT2D eigenvalue weighted by Gasteiger charge is -2.15. The van der Waals surface area contributed by atoms with Crippen LogP contribution in [0.2, 0.25) is 0 Å². The molecule has 0 amide bonds. The number of ether oxygens (including phenoxy) is 1. The highest BCUT2D eigenvalue weighted by molar-refractivity contribution is 6.06. The number of nitrogens with one attached hydrogen (secondary N) is 1. The van der Waals surface area contributed by atoms with Crippen LogP contribution in [-0.2, 0) is 11.2 Å². The topological polar surface area (TPSA) is 50.3 Å². The SMILES string of the molecule is C1=COC2=Cc3nc[nH]c3CC2=N1. The molecular formula is C9H7N3O. The van der Waals surface area contributed by atoms with E-state index in [9.17, 15) is 0 Å². The molecule has 0 fully saturated rings. The van der Waals surface area contributed by atoms with E-state index in [0.29, 0.717) is 0 Å². The molecule has 0 saturated carbocycles. The zero-order valence-electron chi connectivity index (χ0n) is 6.82. The Kier molecular flexibility index (Phi) is 1.19. The first-order chi connectivity index (χ1) is 6.43. The van der Waals surface area contributed by atoms with Gasteiger partial charge in [-0.05, 0) is 0 Å². The van der Waals surface area contributed by atoms with Crippen molar-refractivity contribution in [1.82, 2.24) is 9.97 Å². The Bertz CT molecular complexity index is 439. The fourth-order valence-corrected chi connectivity index (χ4v) is 1.50. The van der Waals surface area contributed by atoms with Gasteiger partial charge in [0.25, 0.3) is 0 Å². The van der Waals surface area contributed by atoms with Crippen LogP contribution >= 0.6 is 0 Å². The maximum absolute atomic E-state index is 5.30. The number of allylic oxidation sites excluding steroid dienone is 1. The number of nitrogens with zero attached hydrogens (tertiary/aromatic N) is 2. The summed E-state index contributed by atoms with van der Waals surface area (Å²) in [4.78, 5) is 11.5. The molecule has 1 aromatic rings. The van der Waals surface area contributed by atoms with Crippen molar-refractivity contribution < 1.29 is 4.74 Å². The molecule has 13 heavy (non-hydrogen) atoms. The van der Waals surface area contributed by atoms with Crippen LogP contribution in [0.1, 0.15) is 11.4 Å². The lowest BCUT2D eigenvalue weighted by atomic mass is 10.0. The molecule has 1 aliphatic heterocycles. The van der Waals surface area contributed by atoms with Crippen molar-refractivity contribution in [1.29, 1.82) is 0 Å². The van der Waals surface area contributed by atoms with E-state index in [-0.39, 0.29) is 0 Å². The number of aromatic amines is 1. The van der Waals surface area contributed by atoms with Gasteiger partial charge in [0.15, 0.2) is 5.76 Å². The Morgan fingerprint density at radius 2 is 2.46 bits per heavy atom. The summed E-state index contributed by atoms with van der Waals surface area (Å²) in [5.41, 5.74) is 3.00. The van der Waals surface area contributed by atoms with E-state index in [4.69, 9.17) is 4.74 Å². The van der Waals surface area contributed by atoms with Crippen LogP contribution in [0.25, 0.3) is 6.08 Å². The highest BCUT2D eigenvalue weighted by Crippen LogP contribution is 2.22. The van der Waals surface area contributed by atoms with Gasteiger partial charge in [0.1, 0.15) is 6.26 Å². The molecule has 1 aliphatic carbocycles. The fraction of sp³-hybridized carbons (Fsp3) is 0.111. The molecule has 0 unspecified atom stereocenters. The summed E-state index contributed by atoms with van der Waals surface area (Å²) in [6.45, 7) is 0. The van der Waals surface area contributed by atoms with Gasteiger partial charge < -0.3 is 9.72 Å². The molecular weight excluding hydrogens is 166 g/mol. The molecule has 1 aromatic heterocycles. The van der Waals surface area contributed by atoms with Crippen molar-refractivity contribution in [3.63, 3.8) is 0 Å². The third-order valence-corrected chi connectivity index (χ3v) is 2.13. The normalized spacial score (nSPS) is 18.2. The minimum atomic E-state index is 0.769. The van der Waals surface area contributed by atoms with Gasteiger partial charge in [-0.2, -0.15) is 0 Å². The highest BCUT2D eigenvalue weighted by atomic mass is 16.5. The summed E-state index contributed by atoms with van der Waals surface area (Å²) in [7, 11) is 0. The maximum Gasteiger partial charge on any atom is 0.150 e. The second-order valence-corrected chi connectivity index (χ2v) is 2.93. The zero-order valence-corrected chi connectivity index (χ0v) is 6.82. The Hall–Kier alpha value is -1.84. The summed E-state index contributed by atoms with van der Waals surface area (Å²) < 4.78 is 5.30. The number of rotatable bonds is 0. The number of hydrogen-bond acceptors (Lipinski definition) is 3. The molecule has 0 radical (unpaired) electrons. The van der Waals surface area contributed by atoms with Crippen LogP contribution in [0.4, 0.5) is 0 Å². The van der Waals surface area contributed by atoms with Gasteiger partial charge in [-0.3, -0.25) is 4.99 Å². The second-order valence-electron chi connectivity index (χ2n) is 2.93. The van der Waals surface area contributed by atoms with Crippen molar-refractivity contribution in [3.05, 3.63) is 35.9 Å². The van der Waals surface area contributed by atoms with E-state index in [1.54, 1.807) is 18.8 Å². The van der Waals surface area contributed by atoms with E-state index in [2.05, 4.69) is 15.0 Å². The first-order valence-electron chi connectivity index (χ1n) is 4.06. The lowest BCUT2D eigenvalue weighted by molar-refractivity contribution is 0.373. The van der Waals surface area contributed by atoms with Crippen LogP contribution in [0, 0.1) is 0 Å². The number of fused-ring (bicyclic) bond motifs is 2. The molecule has 0 bridgehead atoms. The van der Waals surface area contributed by atoms with Crippen molar-refractivity contribution in [2.75, 3.05) is 0 Å². The quantitative estimate of drug-likeness (QED) is 0.641. The van der Waals surface area contributed by atoms with Gasteiger partial charge >= 0.3 is 0 Å². The van der Waals surface area contributed by atoms with Gasteiger partial charge in [-0.25, -0.2) is 4.98 Å². The Morgan fingerprint density at radius 3 is 3.46 bits per heavy atom. The largest absolute Gasteiger partial charge is 0.461 e. The van der Waals surface area contributed by atoms with E-state index in [1.807, 2.05) is 6.08 Å². The predicted octanol–water partition coefficient (Wildman–Crippen LogP) is 1.25. The molecule has 0 saturated heterocycles. The van der Waals surface area contributed by atoms with Crippen molar-refractivity contribution in [2.24, 2.45) is 4.99 Å². The van der Waals surface area contributed by atoms with Gasteiger partial charge in [0.2, 0.25) is 0 Å². The molecule has 0 aromatic carbocycles. The summed E-state index contributed by atoms with van der Waals surface area (Å²) in [5.74, 6) is 0.808. The van der Waals surface area contributed by atoms with E-state index in [1.165, 1.54) is 0 Å². The van der Waals surface area contributed by atoms with Gasteiger partial charge in [0.05, 0.1) is 23.9 Å². The number of imidazole rings is 1. The van der Waals surface area contributed by atoms with Crippen LogP contribution < -0.4 is 0 Å². The van der Waals surface area contributed by atoms with Crippen molar-refractivity contribution >= 4 is 11.8 Å². The van der Waals surface area contributed by atoms with Gasteiger partial charge in [0, 0.05) is 18.2 Å². The van der Waals surface area contributed by atoms with Crippen LogP contribution in [0.5, 0.6) is 0 Å². The molecule has 4 nitrogen and oxygen atoms in total. The van der Waals surface area contributed by atoms with Crippen LogP contribution in [-0.4, -0.2) is 15.7 Å². The average molecular weight is 173 g/mol. The molecule has 4 heteroatoms. The third-order valence-electron chi connectivity index (χ3n) is 2.13. The Labute approximate surface area is 74.7 Å². The van der Waals surface area contributed by atoms with Crippen LogP contribution in [0.15, 0.2) is 29.5 Å². The Morgan fingerprint density at radius 1 is 1.46 bits per heavy atom. The van der Waals surface area contributed by atoms with Gasteiger partial charge in [-0.15, -0.1) is 0 Å². The lowest BCUT2D eigenvalue weighted by Crippen LogP contribution is -2.15. The number of aromatic nitrogens is 2. The highest BCUT2D eigenvalue weighted by Gasteiger charge is 2.20. The second kappa shape index (κ2) is 2.32. The third kappa shape index (κ3) is 0.917. The molecule has 2 heterocycles. The smallest absolute Gasteiger partial charge is 0.150 e. The van der Waals surface area contributed by atoms with Gasteiger partial charge in [-0.1, -0.05) is 0 Å². The molecule has 3 rings (SSSR count). The first kappa shape index (κ1) is 6.65. The minimum absolute atomic E-state index is 0.769. The zero-order chi connectivity index (χ0) is 8.67. The summed E-state index contributed by atoms with van der Waals surface area (Å²) in [6, 6.07) is 0. The van der Waals surface area contributed by atoms with Crippen molar-refractivity contribution in [3.8, 4) is 0 Å². The predicted molar refractivity (Wildman–Crippen MR) is 47.9 cm³/mol. The first-order valence-corrected chi connectivity index (χ1v) is 4.06. The molecule has 1 N–H and O–H groups in total. The monoisotopic (exact) mass is 173 g/mol. The molecule has 2 aliphatic rings. The molecule has 64 valence electrons. The van der Waals surface area contributed by atoms with Crippen molar-refractivity contribution in [2.45, 2.75) is 6.42 Å². The number of H-pyrrole nitrogens is 1.